The van der Waals surface area contributed by atoms with Crippen molar-refractivity contribution in [1.29, 1.82) is 0 Å². The monoisotopic (exact) mass is 446 g/mol. The molecule has 0 saturated carbocycles. The third kappa shape index (κ3) is 5.22. The Kier molecular flexibility index (Phi) is 7.63. The smallest absolute Gasteiger partial charge is 0.322 e. The summed E-state index contributed by atoms with van der Waals surface area (Å²) in [4.78, 5) is 27.0. The van der Waals surface area contributed by atoms with Crippen molar-refractivity contribution in [2.75, 3.05) is 32.2 Å². The average Bonchev–Trinajstić information content (AvgIpc) is 2.76. The van der Waals surface area contributed by atoms with Gasteiger partial charge in [0.05, 0.1) is 43.5 Å². The van der Waals surface area contributed by atoms with E-state index in [0.29, 0.717) is 48.4 Å². The number of esters is 1. The van der Waals surface area contributed by atoms with Gasteiger partial charge in [0.2, 0.25) is 0 Å². The van der Waals surface area contributed by atoms with Gasteiger partial charge in [-0.2, -0.15) is 0 Å². The standard InChI is InChI=1S/C23H27ClN2O5/c1-4-30-20-12-15-10-11-26(23(28)25-18-9-7-6-8-17(18)24)19(14-22(27)29-3)16(15)13-21(20)31-5-2/h6-9,12-13,19H,4-5,10-11,14H2,1-3H3,(H,25,28)/t19-/m1/s1. The van der Waals surface area contributed by atoms with Crippen molar-refractivity contribution in [3.05, 3.63) is 52.5 Å². The number of benzene rings is 2. The van der Waals surface area contributed by atoms with Gasteiger partial charge in [-0.25, -0.2) is 4.79 Å². The van der Waals surface area contributed by atoms with E-state index in [9.17, 15) is 9.59 Å². The molecule has 3 rings (SSSR count). The maximum atomic E-state index is 13.1. The SMILES string of the molecule is CCOc1cc2c(cc1OCC)[C@@H](CC(=O)OC)N(C(=O)Nc1ccccc1Cl)CC2. The van der Waals surface area contributed by atoms with Crippen molar-refractivity contribution in [3.63, 3.8) is 0 Å². The van der Waals surface area contributed by atoms with Crippen LogP contribution in [0.5, 0.6) is 11.5 Å². The van der Waals surface area contributed by atoms with Gasteiger partial charge < -0.3 is 24.4 Å². The maximum absolute atomic E-state index is 13.1. The first-order chi connectivity index (χ1) is 15.0. The van der Waals surface area contributed by atoms with Crippen molar-refractivity contribution in [3.8, 4) is 11.5 Å². The molecule has 0 saturated heterocycles. The number of carbonyl (C=O) groups excluding carboxylic acids is 2. The molecular weight excluding hydrogens is 420 g/mol. The fraction of sp³-hybridized carbons (Fsp3) is 0.391. The summed E-state index contributed by atoms with van der Waals surface area (Å²) in [6.07, 6.45) is 0.647. The first-order valence-corrected chi connectivity index (χ1v) is 10.7. The third-order valence-electron chi connectivity index (χ3n) is 5.13. The fourth-order valence-electron chi connectivity index (χ4n) is 3.70. The molecule has 0 radical (unpaired) electrons. The van der Waals surface area contributed by atoms with Gasteiger partial charge in [0.25, 0.3) is 0 Å². The van der Waals surface area contributed by atoms with Crippen molar-refractivity contribution < 1.29 is 23.8 Å². The number of hydrogen-bond donors (Lipinski definition) is 1. The number of urea groups is 1. The zero-order valence-electron chi connectivity index (χ0n) is 17.9. The molecule has 0 spiro atoms. The molecule has 2 aromatic rings. The number of amides is 2. The summed E-state index contributed by atoms with van der Waals surface area (Å²) >= 11 is 6.20. The second-order valence-electron chi connectivity index (χ2n) is 7.01. The van der Waals surface area contributed by atoms with Crippen LogP contribution in [-0.4, -0.2) is 43.8 Å². The van der Waals surface area contributed by atoms with E-state index in [-0.39, 0.29) is 12.5 Å². The Balaban J connectivity index is 1.97. The minimum atomic E-state index is -0.506. The molecule has 1 aliphatic heterocycles. The van der Waals surface area contributed by atoms with Gasteiger partial charge in [-0.05, 0) is 55.7 Å². The summed E-state index contributed by atoms with van der Waals surface area (Å²) in [7, 11) is 1.34. The van der Waals surface area contributed by atoms with E-state index in [1.807, 2.05) is 26.0 Å². The number of halogens is 1. The Labute approximate surface area is 187 Å². The number of rotatable bonds is 7. The summed E-state index contributed by atoms with van der Waals surface area (Å²) in [6, 6.07) is 9.99. The van der Waals surface area contributed by atoms with E-state index in [1.165, 1.54) is 7.11 Å². The maximum Gasteiger partial charge on any atom is 0.322 e. The van der Waals surface area contributed by atoms with Crippen LogP contribution in [0.25, 0.3) is 0 Å². The third-order valence-corrected chi connectivity index (χ3v) is 5.46. The van der Waals surface area contributed by atoms with Gasteiger partial charge in [0.1, 0.15) is 0 Å². The van der Waals surface area contributed by atoms with Crippen molar-refractivity contribution in [2.45, 2.75) is 32.7 Å². The van der Waals surface area contributed by atoms with Crippen LogP contribution in [0.1, 0.15) is 37.4 Å². The molecule has 1 N–H and O–H groups in total. The predicted molar refractivity (Wildman–Crippen MR) is 119 cm³/mol. The Morgan fingerprint density at radius 2 is 1.81 bits per heavy atom. The Morgan fingerprint density at radius 3 is 2.45 bits per heavy atom. The number of nitrogens with one attached hydrogen (secondary N) is 1. The lowest BCUT2D eigenvalue weighted by Crippen LogP contribution is -2.43. The van der Waals surface area contributed by atoms with Crippen LogP contribution < -0.4 is 14.8 Å². The first-order valence-electron chi connectivity index (χ1n) is 10.3. The number of hydrogen-bond acceptors (Lipinski definition) is 5. The molecule has 1 aliphatic rings. The van der Waals surface area contributed by atoms with E-state index in [2.05, 4.69) is 5.32 Å². The zero-order valence-corrected chi connectivity index (χ0v) is 18.7. The van der Waals surface area contributed by atoms with Gasteiger partial charge in [0.15, 0.2) is 11.5 Å². The minimum Gasteiger partial charge on any atom is -0.490 e. The molecule has 7 nitrogen and oxygen atoms in total. The van der Waals surface area contributed by atoms with Crippen molar-refractivity contribution in [1.82, 2.24) is 4.90 Å². The van der Waals surface area contributed by atoms with Gasteiger partial charge in [-0.1, -0.05) is 23.7 Å². The highest BCUT2D eigenvalue weighted by atomic mass is 35.5. The summed E-state index contributed by atoms with van der Waals surface area (Å²) in [5.74, 6) is 0.848. The number of nitrogens with zero attached hydrogens (tertiary/aromatic N) is 1. The molecule has 0 aliphatic carbocycles. The number of fused-ring (bicyclic) bond motifs is 1. The average molecular weight is 447 g/mol. The topological polar surface area (TPSA) is 77.1 Å². The summed E-state index contributed by atoms with van der Waals surface area (Å²) in [5.41, 5.74) is 2.37. The van der Waals surface area contributed by atoms with Crippen LogP contribution in [0.15, 0.2) is 36.4 Å². The van der Waals surface area contributed by atoms with Crippen LogP contribution in [0.4, 0.5) is 10.5 Å². The first kappa shape index (κ1) is 22.7. The summed E-state index contributed by atoms with van der Waals surface area (Å²) in [6.45, 7) is 5.22. The van der Waals surface area contributed by atoms with Crippen molar-refractivity contribution in [2.24, 2.45) is 0 Å². The predicted octanol–water partition coefficient (Wildman–Crippen LogP) is 4.83. The van der Waals surface area contributed by atoms with Gasteiger partial charge in [-0.3, -0.25) is 4.79 Å². The number of carbonyl (C=O) groups is 2. The number of para-hydroxylation sites is 1. The second-order valence-corrected chi connectivity index (χ2v) is 7.42. The molecule has 2 aromatic carbocycles. The largest absolute Gasteiger partial charge is 0.490 e. The van der Waals surface area contributed by atoms with E-state index in [4.69, 9.17) is 25.8 Å². The Bertz CT molecular complexity index is 950. The van der Waals surface area contributed by atoms with Crippen LogP contribution in [0.2, 0.25) is 5.02 Å². The molecule has 0 aromatic heterocycles. The molecule has 0 fully saturated rings. The van der Waals surface area contributed by atoms with E-state index >= 15 is 0 Å². The Hall–Kier alpha value is -2.93. The summed E-state index contributed by atoms with van der Waals surface area (Å²) < 4.78 is 16.4. The lowest BCUT2D eigenvalue weighted by atomic mass is 9.90. The molecular formula is C23H27ClN2O5. The van der Waals surface area contributed by atoms with Crippen LogP contribution in [-0.2, 0) is 16.0 Å². The van der Waals surface area contributed by atoms with Gasteiger partial charge >= 0.3 is 12.0 Å². The van der Waals surface area contributed by atoms with E-state index in [0.717, 1.165) is 11.1 Å². The molecule has 166 valence electrons. The summed E-state index contributed by atoms with van der Waals surface area (Å²) in [5, 5.41) is 3.29. The fourth-order valence-corrected chi connectivity index (χ4v) is 3.88. The van der Waals surface area contributed by atoms with Gasteiger partial charge in [-0.15, -0.1) is 0 Å². The molecule has 2 amide bonds. The lowest BCUT2D eigenvalue weighted by Gasteiger charge is -2.37. The molecule has 1 heterocycles. The van der Waals surface area contributed by atoms with Gasteiger partial charge in [0, 0.05) is 6.54 Å². The molecule has 0 unspecified atom stereocenters. The van der Waals surface area contributed by atoms with Crippen LogP contribution in [0, 0.1) is 0 Å². The van der Waals surface area contributed by atoms with Crippen molar-refractivity contribution >= 4 is 29.3 Å². The molecule has 1 atom stereocenters. The highest BCUT2D eigenvalue weighted by molar-refractivity contribution is 6.33. The zero-order chi connectivity index (χ0) is 22.4. The molecule has 0 bridgehead atoms. The highest BCUT2D eigenvalue weighted by Gasteiger charge is 2.34. The number of methoxy groups -OCH3 is 1. The van der Waals surface area contributed by atoms with Crippen LogP contribution in [0.3, 0.4) is 0 Å². The Morgan fingerprint density at radius 1 is 1.13 bits per heavy atom. The normalized spacial score (nSPS) is 15.1. The minimum absolute atomic E-state index is 0.0268. The number of ether oxygens (including phenoxy) is 3. The lowest BCUT2D eigenvalue weighted by molar-refractivity contribution is -0.141. The quantitative estimate of drug-likeness (QED) is 0.616. The van der Waals surface area contributed by atoms with E-state index in [1.54, 1.807) is 29.2 Å². The highest BCUT2D eigenvalue weighted by Crippen LogP contribution is 2.40. The van der Waals surface area contributed by atoms with Crippen LogP contribution >= 0.6 is 11.6 Å². The van der Waals surface area contributed by atoms with E-state index < -0.39 is 12.0 Å². The number of anilines is 1. The molecule has 8 heteroatoms. The second kappa shape index (κ2) is 10.4. The molecule has 31 heavy (non-hydrogen) atoms.